The lowest BCUT2D eigenvalue weighted by atomic mass is 10.0. The molecule has 0 aliphatic rings. The Labute approximate surface area is 147 Å². The highest BCUT2D eigenvalue weighted by Crippen LogP contribution is 2.27. The van der Waals surface area contributed by atoms with E-state index in [-0.39, 0.29) is 18.5 Å². The van der Waals surface area contributed by atoms with E-state index in [0.29, 0.717) is 34.6 Å². The monoisotopic (exact) mass is 356 g/mol. The van der Waals surface area contributed by atoms with Gasteiger partial charge in [-0.05, 0) is 24.6 Å². The van der Waals surface area contributed by atoms with Crippen LogP contribution >= 0.6 is 0 Å². The number of carbonyl (C=O) groups excluding carboxylic acids is 1. The van der Waals surface area contributed by atoms with Crippen LogP contribution in [0.15, 0.2) is 39.9 Å². The van der Waals surface area contributed by atoms with Gasteiger partial charge in [-0.2, -0.15) is 0 Å². The van der Waals surface area contributed by atoms with E-state index in [1.807, 2.05) is 0 Å². The summed E-state index contributed by atoms with van der Waals surface area (Å²) in [5.74, 6) is -0.243. The minimum Gasteiger partial charge on any atom is -0.392 e. The Morgan fingerprint density at radius 3 is 2.77 bits per heavy atom. The van der Waals surface area contributed by atoms with Crippen LogP contribution in [-0.2, 0) is 6.61 Å². The zero-order valence-corrected chi connectivity index (χ0v) is 13.8. The molecule has 10 heteroatoms. The van der Waals surface area contributed by atoms with Crippen molar-refractivity contribution >= 4 is 11.8 Å². The molecule has 3 heterocycles. The number of pyridine rings is 2. The van der Waals surface area contributed by atoms with Crippen molar-refractivity contribution in [2.75, 3.05) is 11.9 Å². The number of nitrogens with one attached hydrogen (secondary N) is 3. The van der Waals surface area contributed by atoms with E-state index < -0.39 is 5.76 Å². The maximum absolute atomic E-state index is 11.6. The third-order valence-electron chi connectivity index (χ3n) is 3.47. The predicted molar refractivity (Wildman–Crippen MR) is 92.2 cm³/mol. The van der Waals surface area contributed by atoms with E-state index in [9.17, 15) is 14.7 Å². The van der Waals surface area contributed by atoms with Crippen molar-refractivity contribution in [1.82, 2.24) is 25.5 Å². The zero-order chi connectivity index (χ0) is 18.5. The summed E-state index contributed by atoms with van der Waals surface area (Å²) in [6, 6.07) is 2.90. The normalized spacial score (nSPS) is 10.5. The van der Waals surface area contributed by atoms with E-state index >= 15 is 0 Å². The molecule has 0 saturated carbocycles. The number of amides is 2. The fourth-order valence-electron chi connectivity index (χ4n) is 2.33. The summed E-state index contributed by atoms with van der Waals surface area (Å²) < 4.78 is 4.92. The van der Waals surface area contributed by atoms with Crippen molar-refractivity contribution in [1.29, 1.82) is 0 Å². The standard InChI is InChI=1S/C16H16N6O4/c1-2-18-15(24)20-13-4-11(8-23)12(7-19-13)9-3-10(6-17-5-9)14-21-22-16(25)26-14/h3-7,23H,2,8H2,1H3,(H,22,25)(H2,18,19,20,24). The average molecular weight is 356 g/mol. The summed E-state index contributed by atoms with van der Waals surface area (Å²) in [7, 11) is 0. The van der Waals surface area contributed by atoms with Gasteiger partial charge >= 0.3 is 11.8 Å². The molecule has 0 spiro atoms. The van der Waals surface area contributed by atoms with E-state index in [4.69, 9.17) is 4.42 Å². The van der Waals surface area contributed by atoms with Gasteiger partial charge in [-0.3, -0.25) is 10.3 Å². The molecular formula is C16H16N6O4. The highest BCUT2D eigenvalue weighted by molar-refractivity contribution is 5.88. The van der Waals surface area contributed by atoms with Crippen molar-refractivity contribution in [3.05, 3.63) is 46.8 Å². The maximum Gasteiger partial charge on any atom is 0.434 e. The smallest absolute Gasteiger partial charge is 0.392 e. The first kappa shape index (κ1) is 17.3. The number of aliphatic hydroxyl groups excluding tert-OH is 1. The number of H-pyrrole nitrogens is 1. The van der Waals surface area contributed by atoms with Crippen LogP contribution in [-0.4, -0.2) is 37.8 Å². The molecule has 2 amide bonds. The summed E-state index contributed by atoms with van der Waals surface area (Å²) in [6.07, 6.45) is 4.61. The van der Waals surface area contributed by atoms with Gasteiger partial charge in [-0.15, -0.1) is 5.10 Å². The molecule has 0 aliphatic carbocycles. The SMILES string of the molecule is CCNC(=O)Nc1cc(CO)c(-c2cncc(-c3n[nH]c(=O)o3)c2)cn1. The van der Waals surface area contributed by atoms with E-state index in [1.54, 1.807) is 25.3 Å². The fourth-order valence-corrected chi connectivity index (χ4v) is 2.33. The highest BCUT2D eigenvalue weighted by atomic mass is 16.4. The lowest BCUT2D eigenvalue weighted by Gasteiger charge is -2.11. The fraction of sp³-hybridized carbons (Fsp3) is 0.188. The maximum atomic E-state index is 11.6. The van der Waals surface area contributed by atoms with Gasteiger partial charge < -0.3 is 14.8 Å². The molecule has 0 unspecified atom stereocenters. The Hall–Kier alpha value is -3.53. The molecule has 10 nitrogen and oxygen atoms in total. The highest BCUT2D eigenvalue weighted by Gasteiger charge is 2.12. The Kier molecular flexibility index (Phi) is 5.04. The van der Waals surface area contributed by atoms with Gasteiger partial charge in [-0.1, -0.05) is 0 Å². The molecule has 0 atom stereocenters. The molecule has 0 aliphatic heterocycles. The minimum atomic E-state index is -0.663. The summed E-state index contributed by atoms with van der Waals surface area (Å²) in [4.78, 5) is 31.0. The molecule has 3 rings (SSSR count). The molecule has 3 aromatic heterocycles. The number of rotatable bonds is 5. The van der Waals surface area contributed by atoms with Crippen molar-refractivity contribution < 1.29 is 14.3 Å². The lowest BCUT2D eigenvalue weighted by molar-refractivity contribution is 0.252. The Morgan fingerprint density at radius 1 is 1.27 bits per heavy atom. The zero-order valence-electron chi connectivity index (χ0n) is 13.8. The number of hydrogen-bond donors (Lipinski definition) is 4. The van der Waals surface area contributed by atoms with Crippen LogP contribution in [0.1, 0.15) is 12.5 Å². The van der Waals surface area contributed by atoms with Crippen molar-refractivity contribution in [3.63, 3.8) is 0 Å². The van der Waals surface area contributed by atoms with Gasteiger partial charge in [0.2, 0.25) is 0 Å². The summed E-state index contributed by atoms with van der Waals surface area (Å²) in [5.41, 5.74) is 2.32. The molecule has 0 aromatic carbocycles. The number of nitrogens with zero attached hydrogens (tertiary/aromatic N) is 3. The molecule has 0 radical (unpaired) electrons. The third-order valence-corrected chi connectivity index (χ3v) is 3.47. The van der Waals surface area contributed by atoms with E-state index in [2.05, 4.69) is 30.8 Å². The Balaban J connectivity index is 1.93. The van der Waals surface area contributed by atoms with Crippen LogP contribution in [0.25, 0.3) is 22.6 Å². The number of anilines is 1. The number of aromatic nitrogens is 4. The number of urea groups is 1. The second kappa shape index (κ2) is 7.57. The molecule has 3 aromatic rings. The van der Waals surface area contributed by atoms with Crippen LogP contribution in [0.2, 0.25) is 0 Å². The number of aromatic amines is 1. The van der Waals surface area contributed by atoms with Crippen LogP contribution in [0, 0.1) is 0 Å². The largest absolute Gasteiger partial charge is 0.434 e. The van der Waals surface area contributed by atoms with Gasteiger partial charge in [0.1, 0.15) is 5.82 Å². The summed E-state index contributed by atoms with van der Waals surface area (Å²) in [6.45, 7) is 2.03. The topological polar surface area (TPSA) is 146 Å². The van der Waals surface area contributed by atoms with E-state index in [0.717, 1.165) is 0 Å². The molecule has 134 valence electrons. The van der Waals surface area contributed by atoms with Gasteiger partial charge in [0.05, 0.1) is 12.2 Å². The number of carbonyl (C=O) groups is 1. The van der Waals surface area contributed by atoms with Crippen LogP contribution in [0.5, 0.6) is 0 Å². The van der Waals surface area contributed by atoms with Crippen LogP contribution < -0.4 is 16.4 Å². The first-order valence-electron chi connectivity index (χ1n) is 7.76. The molecule has 4 N–H and O–H groups in total. The number of hydrogen-bond acceptors (Lipinski definition) is 7. The van der Waals surface area contributed by atoms with Crippen LogP contribution in [0.3, 0.4) is 0 Å². The minimum absolute atomic E-state index is 0.109. The predicted octanol–water partition coefficient (Wildman–Crippen LogP) is 1.12. The lowest BCUT2D eigenvalue weighted by Crippen LogP contribution is -2.28. The summed E-state index contributed by atoms with van der Waals surface area (Å²) >= 11 is 0. The molecule has 26 heavy (non-hydrogen) atoms. The third kappa shape index (κ3) is 3.75. The first-order valence-corrected chi connectivity index (χ1v) is 7.76. The Morgan fingerprint density at radius 2 is 2.08 bits per heavy atom. The molecular weight excluding hydrogens is 340 g/mol. The van der Waals surface area contributed by atoms with Crippen molar-refractivity contribution in [3.8, 4) is 22.6 Å². The number of aliphatic hydroxyl groups is 1. The van der Waals surface area contributed by atoms with Gasteiger partial charge in [0, 0.05) is 36.3 Å². The van der Waals surface area contributed by atoms with Gasteiger partial charge in [-0.25, -0.2) is 19.7 Å². The summed E-state index contributed by atoms with van der Waals surface area (Å²) in [5, 5.41) is 20.8. The van der Waals surface area contributed by atoms with Gasteiger partial charge in [0.25, 0.3) is 5.89 Å². The first-order chi connectivity index (χ1) is 12.6. The van der Waals surface area contributed by atoms with Gasteiger partial charge in [0.15, 0.2) is 0 Å². The van der Waals surface area contributed by atoms with Crippen molar-refractivity contribution in [2.45, 2.75) is 13.5 Å². The second-order valence-corrected chi connectivity index (χ2v) is 5.25. The average Bonchev–Trinajstić information content (AvgIpc) is 3.08. The van der Waals surface area contributed by atoms with Crippen molar-refractivity contribution in [2.24, 2.45) is 0 Å². The van der Waals surface area contributed by atoms with E-state index in [1.165, 1.54) is 12.4 Å². The molecule has 0 bridgehead atoms. The Bertz CT molecular complexity index is 981. The van der Waals surface area contributed by atoms with Crippen LogP contribution in [0.4, 0.5) is 10.6 Å². The second-order valence-electron chi connectivity index (χ2n) is 5.25. The molecule has 0 fully saturated rings. The molecule has 0 saturated heterocycles. The quantitative estimate of drug-likeness (QED) is 0.536.